The number of nitrogens with zero attached hydrogens (tertiary/aromatic N) is 2. The van der Waals surface area contributed by atoms with Crippen molar-refractivity contribution >= 4 is 11.7 Å². The number of anilines is 1. The van der Waals surface area contributed by atoms with E-state index in [1.54, 1.807) is 6.20 Å². The van der Waals surface area contributed by atoms with Gasteiger partial charge in [-0.2, -0.15) is 0 Å². The number of carbonyl (C=O) groups excluding carboxylic acids is 1. The van der Waals surface area contributed by atoms with Gasteiger partial charge in [-0.3, -0.25) is 4.90 Å². The minimum Gasteiger partial charge on any atom is -0.444 e. The zero-order chi connectivity index (χ0) is 17.5. The van der Waals surface area contributed by atoms with Crippen LogP contribution in [0.2, 0.25) is 0 Å². The maximum atomic E-state index is 12.1. The number of urea groups is 1. The summed E-state index contributed by atoms with van der Waals surface area (Å²) in [7, 11) is 0. The maximum Gasteiger partial charge on any atom is 0.319 e. The number of amides is 2. The highest BCUT2D eigenvalue weighted by Gasteiger charge is 2.24. The first-order valence-corrected chi connectivity index (χ1v) is 9.02. The number of para-hydroxylation sites is 1. The third-order valence-corrected chi connectivity index (χ3v) is 4.57. The first-order valence-electron chi connectivity index (χ1n) is 9.02. The number of carbonyl (C=O) groups is 1. The molecule has 1 fully saturated rings. The lowest BCUT2D eigenvalue weighted by Gasteiger charge is -2.34. The minimum atomic E-state index is -0.166. The molecule has 0 saturated carbocycles. The molecule has 1 aromatic carbocycles. The van der Waals surface area contributed by atoms with Gasteiger partial charge in [-0.05, 0) is 31.5 Å². The molecule has 1 aliphatic rings. The Balaban J connectivity index is 1.51. The number of benzene rings is 1. The minimum absolute atomic E-state index is 0.166. The fraction of sp³-hybridized carbons (Fsp3) is 0.474. The third kappa shape index (κ3) is 5.06. The number of nitrogens with one attached hydrogen (secondary N) is 2. The van der Waals surface area contributed by atoms with E-state index in [1.165, 1.54) is 12.8 Å². The summed E-state index contributed by atoms with van der Waals surface area (Å²) in [5, 5.41) is 5.85. The van der Waals surface area contributed by atoms with Gasteiger partial charge in [0, 0.05) is 24.7 Å². The normalized spacial score (nSPS) is 18.0. The van der Waals surface area contributed by atoms with Crippen LogP contribution in [0.4, 0.5) is 10.5 Å². The molecule has 1 saturated heterocycles. The van der Waals surface area contributed by atoms with Gasteiger partial charge in [0.2, 0.25) is 5.89 Å². The van der Waals surface area contributed by atoms with Gasteiger partial charge in [-0.1, -0.05) is 31.5 Å². The maximum absolute atomic E-state index is 12.1. The molecule has 2 N–H and O–H groups in total. The highest BCUT2D eigenvalue weighted by Crippen LogP contribution is 2.19. The van der Waals surface area contributed by atoms with E-state index in [9.17, 15) is 4.79 Å². The molecule has 1 aromatic heterocycles. The topological polar surface area (TPSA) is 70.4 Å². The van der Waals surface area contributed by atoms with E-state index in [2.05, 4.69) is 27.4 Å². The van der Waals surface area contributed by atoms with Crippen LogP contribution in [0.1, 0.15) is 37.8 Å². The van der Waals surface area contributed by atoms with Crippen molar-refractivity contribution in [2.45, 2.75) is 45.2 Å². The molecular weight excluding hydrogens is 316 g/mol. The van der Waals surface area contributed by atoms with Gasteiger partial charge >= 0.3 is 6.03 Å². The average molecular weight is 342 g/mol. The van der Waals surface area contributed by atoms with Crippen molar-refractivity contribution in [3.05, 3.63) is 48.2 Å². The Kier molecular flexibility index (Phi) is 6.06. The fourth-order valence-corrected chi connectivity index (χ4v) is 3.16. The van der Waals surface area contributed by atoms with Crippen LogP contribution in [-0.2, 0) is 13.0 Å². The highest BCUT2D eigenvalue weighted by molar-refractivity contribution is 5.89. The van der Waals surface area contributed by atoms with Crippen molar-refractivity contribution in [1.29, 1.82) is 0 Å². The predicted octanol–water partition coefficient (Wildman–Crippen LogP) is 3.41. The molecule has 0 radical (unpaired) electrons. The fourth-order valence-electron chi connectivity index (χ4n) is 3.16. The molecule has 2 amide bonds. The Morgan fingerprint density at radius 2 is 2.16 bits per heavy atom. The molecule has 6 heteroatoms. The molecule has 0 bridgehead atoms. The summed E-state index contributed by atoms with van der Waals surface area (Å²) in [6.45, 7) is 4.40. The lowest BCUT2D eigenvalue weighted by molar-refractivity contribution is 0.126. The van der Waals surface area contributed by atoms with E-state index in [1.807, 2.05) is 30.3 Å². The van der Waals surface area contributed by atoms with Crippen LogP contribution in [0.15, 0.2) is 40.9 Å². The molecule has 6 nitrogen and oxygen atoms in total. The van der Waals surface area contributed by atoms with Crippen molar-refractivity contribution in [2.24, 2.45) is 0 Å². The van der Waals surface area contributed by atoms with Crippen LogP contribution in [0.3, 0.4) is 0 Å². The van der Waals surface area contributed by atoms with E-state index in [0.717, 1.165) is 36.7 Å². The van der Waals surface area contributed by atoms with Gasteiger partial charge in [0.05, 0.1) is 12.7 Å². The van der Waals surface area contributed by atoms with E-state index in [-0.39, 0.29) is 6.03 Å². The van der Waals surface area contributed by atoms with Crippen molar-refractivity contribution in [1.82, 2.24) is 15.2 Å². The Bertz CT molecular complexity index is 671. The molecule has 2 heterocycles. The van der Waals surface area contributed by atoms with Crippen molar-refractivity contribution in [3.63, 3.8) is 0 Å². The second-order valence-electron chi connectivity index (χ2n) is 6.39. The Labute approximate surface area is 148 Å². The molecule has 2 aromatic rings. The number of piperidine rings is 1. The number of oxazole rings is 1. The average Bonchev–Trinajstić information content (AvgIpc) is 3.09. The monoisotopic (exact) mass is 342 g/mol. The van der Waals surface area contributed by atoms with Gasteiger partial charge < -0.3 is 15.1 Å². The van der Waals surface area contributed by atoms with E-state index in [0.29, 0.717) is 19.1 Å². The number of hydrogen-bond donors (Lipinski definition) is 2. The molecule has 3 rings (SSSR count). The summed E-state index contributed by atoms with van der Waals surface area (Å²) in [5.41, 5.74) is 0.799. The smallest absolute Gasteiger partial charge is 0.319 e. The van der Waals surface area contributed by atoms with Crippen molar-refractivity contribution in [3.8, 4) is 0 Å². The number of aromatic nitrogens is 1. The number of likely N-dealkylation sites (tertiary alicyclic amines) is 1. The summed E-state index contributed by atoms with van der Waals surface area (Å²) in [6.07, 6.45) is 6.10. The highest BCUT2D eigenvalue weighted by atomic mass is 16.4. The van der Waals surface area contributed by atoms with Crippen LogP contribution in [-0.4, -0.2) is 35.0 Å². The van der Waals surface area contributed by atoms with Gasteiger partial charge in [-0.25, -0.2) is 9.78 Å². The first kappa shape index (κ1) is 17.5. The zero-order valence-electron chi connectivity index (χ0n) is 14.7. The SMILES string of the molecule is CCc1cnc(CN2CCCC[C@H]2CNC(=O)Nc2ccccc2)o1. The molecule has 134 valence electrons. The first-order chi connectivity index (χ1) is 12.2. The summed E-state index contributed by atoms with van der Waals surface area (Å²) in [5.74, 6) is 1.68. The Morgan fingerprint density at radius 3 is 2.92 bits per heavy atom. The van der Waals surface area contributed by atoms with Crippen LogP contribution >= 0.6 is 0 Å². The molecule has 1 aliphatic heterocycles. The summed E-state index contributed by atoms with van der Waals surface area (Å²) >= 11 is 0. The second-order valence-corrected chi connectivity index (χ2v) is 6.39. The van der Waals surface area contributed by atoms with E-state index in [4.69, 9.17) is 4.42 Å². The molecule has 25 heavy (non-hydrogen) atoms. The second kappa shape index (κ2) is 8.67. The predicted molar refractivity (Wildman–Crippen MR) is 97.4 cm³/mol. The third-order valence-electron chi connectivity index (χ3n) is 4.57. The van der Waals surface area contributed by atoms with Crippen LogP contribution in [0.5, 0.6) is 0 Å². The van der Waals surface area contributed by atoms with E-state index < -0.39 is 0 Å². The quantitative estimate of drug-likeness (QED) is 0.844. The summed E-state index contributed by atoms with van der Waals surface area (Å²) in [6, 6.07) is 9.63. The van der Waals surface area contributed by atoms with Gasteiger partial charge in [0.15, 0.2) is 0 Å². The molecule has 0 aliphatic carbocycles. The summed E-state index contributed by atoms with van der Waals surface area (Å²) < 4.78 is 5.74. The molecule has 1 atom stereocenters. The van der Waals surface area contributed by atoms with Crippen LogP contribution in [0.25, 0.3) is 0 Å². The number of rotatable bonds is 6. The number of aryl methyl sites for hydroxylation is 1. The van der Waals surface area contributed by atoms with Crippen LogP contribution in [0, 0.1) is 0 Å². The van der Waals surface area contributed by atoms with Gasteiger partial charge in [0.25, 0.3) is 0 Å². The van der Waals surface area contributed by atoms with E-state index >= 15 is 0 Å². The number of hydrogen-bond acceptors (Lipinski definition) is 4. The van der Waals surface area contributed by atoms with Crippen LogP contribution < -0.4 is 10.6 Å². The molecule has 0 unspecified atom stereocenters. The van der Waals surface area contributed by atoms with Crippen molar-refractivity contribution < 1.29 is 9.21 Å². The molecule has 0 spiro atoms. The van der Waals surface area contributed by atoms with Gasteiger partial charge in [-0.15, -0.1) is 0 Å². The standard InChI is InChI=1S/C19H26N4O2/c1-2-17-13-20-18(25-17)14-23-11-7-6-10-16(23)12-21-19(24)22-15-8-4-3-5-9-15/h3-5,8-9,13,16H,2,6-7,10-12,14H2,1H3,(H2,21,22,24)/t16-/m0/s1. The zero-order valence-corrected chi connectivity index (χ0v) is 14.7. The molecular formula is C19H26N4O2. The van der Waals surface area contributed by atoms with Gasteiger partial charge in [0.1, 0.15) is 5.76 Å². The largest absolute Gasteiger partial charge is 0.444 e. The lowest BCUT2D eigenvalue weighted by atomic mass is 10.0. The van der Waals surface area contributed by atoms with Crippen molar-refractivity contribution in [2.75, 3.05) is 18.4 Å². The summed E-state index contributed by atoms with van der Waals surface area (Å²) in [4.78, 5) is 18.8. The Hall–Kier alpha value is -2.34. The lowest BCUT2D eigenvalue weighted by Crippen LogP contribution is -2.47. The Morgan fingerprint density at radius 1 is 1.32 bits per heavy atom.